The second-order valence-corrected chi connectivity index (χ2v) is 6.16. The van der Waals surface area contributed by atoms with Crippen molar-refractivity contribution in [3.05, 3.63) is 16.1 Å². The van der Waals surface area contributed by atoms with Gasteiger partial charge in [-0.2, -0.15) is 5.10 Å². The first-order valence-corrected chi connectivity index (χ1v) is 6.89. The van der Waals surface area contributed by atoms with Crippen LogP contribution in [0.3, 0.4) is 0 Å². The van der Waals surface area contributed by atoms with E-state index in [2.05, 4.69) is 16.8 Å². The van der Waals surface area contributed by atoms with Crippen molar-refractivity contribution < 1.29 is 14.6 Å². The Bertz CT molecular complexity index is 454. The number of aromatic amines is 1. The van der Waals surface area contributed by atoms with Crippen LogP contribution in [-0.2, 0) is 9.53 Å². The van der Waals surface area contributed by atoms with E-state index in [1.165, 1.54) is 23.1 Å². The minimum absolute atomic E-state index is 0.0471. The number of aromatic nitrogens is 2. The lowest BCUT2D eigenvalue weighted by Gasteiger charge is -2.09. The number of nitrogens with zero attached hydrogens (tertiary/aromatic N) is 1. The maximum atomic E-state index is 11.1. The van der Waals surface area contributed by atoms with E-state index >= 15 is 0 Å². The molecule has 0 radical (unpaired) electrons. The zero-order valence-corrected chi connectivity index (χ0v) is 11.6. The van der Waals surface area contributed by atoms with Crippen molar-refractivity contribution in [2.24, 2.45) is 0 Å². The summed E-state index contributed by atoms with van der Waals surface area (Å²) in [4.78, 5) is 11.1. The van der Waals surface area contributed by atoms with Gasteiger partial charge in [0.05, 0.1) is 6.10 Å². The summed E-state index contributed by atoms with van der Waals surface area (Å²) < 4.78 is 6.16. The normalized spacial score (nSPS) is 12.1. The van der Waals surface area contributed by atoms with Gasteiger partial charge in [0.15, 0.2) is 8.29 Å². The van der Waals surface area contributed by atoms with E-state index in [1.807, 2.05) is 0 Å². The molecular formula is C9H12N2O3S3. The zero-order valence-electron chi connectivity index (χ0n) is 9.13. The van der Waals surface area contributed by atoms with Crippen molar-refractivity contribution in [3.63, 3.8) is 0 Å². The number of aliphatic hydroxyl groups is 1. The number of thioether (sulfide) groups is 1. The fraction of sp³-hybridized carbons (Fsp3) is 0.444. The molecule has 5 nitrogen and oxygen atoms in total. The topological polar surface area (TPSA) is 75.2 Å². The SMILES string of the molecule is C=C(C)C(=O)OCC(O)CSc1n[nH]c(=S)s1. The first-order chi connectivity index (χ1) is 7.99. The maximum Gasteiger partial charge on any atom is 0.333 e. The highest BCUT2D eigenvalue weighted by atomic mass is 32.2. The van der Waals surface area contributed by atoms with Gasteiger partial charge in [-0.05, 0) is 19.1 Å². The lowest BCUT2D eigenvalue weighted by Crippen LogP contribution is -2.21. The molecule has 0 amide bonds. The van der Waals surface area contributed by atoms with E-state index in [9.17, 15) is 9.90 Å². The summed E-state index contributed by atoms with van der Waals surface area (Å²) in [6, 6.07) is 0. The highest BCUT2D eigenvalue weighted by Gasteiger charge is 2.10. The molecule has 1 atom stereocenters. The molecule has 1 unspecified atom stereocenters. The summed E-state index contributed by atoms with van der Waals surface area (Å²) in [5, 5.41) is 16.1. The Morgan fingerprint density at radius 2 is 2.53 bits per heavy atom. The minimum atomic E-state index is -0.735. The maximum absolute atomic E-state index is 11.1. The summed E-state index contributed by atoms with van der Waals surface area (Å²) >= 11 is 7.56. The summed E-state index contributed by atoms with van der Waals surface area (Å²) in [5.74, 6) is -0.107. The summed E-state index contributed by atoms with van der Waals surface area (Å²) in [6.45, 7) is 4.95. The van der Waals surface area contributed by atoms with Crippen LogP contribution in [0.2, 0.25) is 0 Å². The molecule has 1 aromatic rings. The van der Waals surface area contributed by atoms with E-state index in [-0.39, 0.29) is 6.61 Å². The fourth-order valence-corrected chi connectivity index (χ4v) is 2.80. The number of H-pyrrole nitrogens is 1. The molecule has 2 N–H and O–H groups in total. The third-order valence-corrected chi connectivity index (χ3v) is 3.95. The molecule has 1 heterocycles. The smallest absolute Gasteiger partial charge is 0.333 e. The van der Waals surface area contributed by atoms with Gasteiger partial charge in [0.25, 0.3) is 0 Å². The molecule has 0 saturated heterocycles. The number of hydrogen-bond acceptors (Lipinski definition) is 7. The zero-order chi connectivity index (χ0) is 12.8. The molecule has 0 aliphatic rings. The van der Waals surface area contributed by atoms with Gasteiger partial charge in [0.2, 0.25) is 0 Å². The quantitative estimate of drug-likeness (QED) is 0.360. The number of hydrogen-bond donors (Lipinski definition) is 2. The Morgan fingerprint density at radius 3 is 3.06 bits per heavy atom. The lowest BCUT2D eigenvalue weighted by molar-refractivity contribution is -0.141. The Kier molecular flexibility index (Phi) is 5.83. The van der Waals surface area contributed by atoms with Crippen LogP contribution >= 0.6 is 35.3 Å². The van der Waals surface area contributed by atoms with Gasteiger partial charge in [-0.15, -0.1) is 0 Å². The van der Waals surface area contributed by atoms with E-state index in [4.69, 9.17) is 17.0 Å². The predicted molar refractivity (Wildman–Crippen MR) is 69.8 cm³/mol. The molecule has 1 rings (SSSR count). The predicted octanol–water partition coefficient (Wildman–Crippen LogP) is 1.77. The molecule has 0 fully saturated rings. The van der Waals surface area contributed by atoms with Gasteiger partial charge >= 0.3 is 5.97 Å². The van der Waals surface area contributed by atoms with Gasteiger partial charge in [-0.25, -0.2) is 4.79 Å². The largest absolute Gasteiger partial charge is 0.460 e. The van der Waals surface area contributed by atoms with E-state index in [0.29, 0.717) is 15.3 Å². The van der Waals surface area contributed by atoms with Gasteiger partial charge in [0.1, 0.15) is 6.61 Å². The van der Waals surface area contributed by atoms with Crippen molar-refractivity contribution in [3.8, 4) is 0 Å². The molecule has 17 heavy (non-hydrogen) atoms. The fourth-order valence-electron chi connectivity index (χ4n) is 0.789. The van der Waals surface area contributed by atoms with Crippen molar-refractivity contribution in [2.45, 2.75) is 17.4 Å². The first-order valence-electron chi connectivity index (χ1n) is 4.68. The highest BCUT2D eigenvalue weighted by molar-refractivity contribution is 8.01. The molecule has 0 saturated carbocycles. The molecule has 94 valence electrons. The van der Waals surface area contributed by atoms with E-state index in [0.717, 1.165) is 4.34 Å². The molecule has 0 bridgehead atoms. The highest BCUT2D eigenvalue weighted by Crippen LogP contribution is 2.20. The third kappa shape index (κ3) is 5.44. The van der Waals surface area contributed by atoms with E-state index in [1.54, 1.807) is 6.92 Å². The van der Waals surface area contributed by atoms with E-state index < -0.39 is 12.1 Å². The van der Waals surface area contributed by atoms with Crippen LogP contribution in [0.15, 0.2) is 16.5 Å². The minimum Gasteiger partial charge on any atom is -0.460 e. The van der Waals surface area contributed by atoms with Gasteiger partial charge in [-0.1, -0.05) is 29.7 Å². The van der Waals surface area contributed by atoms with Crippen LogP contribution in [0.1, 0.15) is 6.92 Å². The number of nitrogens with one attached hydrogen (secondary N) is 1. The number of esters is 1. The van der Waals surface area contributed by atoms with Crippen LogP contribution in [0, 0.1) is 3.95 Å². The number of carbonyl (C=O) groups is 1. The molecule has 0 aliphatic heterocycles. The first kappa shape index (κ1) is 14.4. The van der Waals surface area contributed by atoms with Gasteiger partial charge in [0, 0.05) is 11.3 Å². The van der Waals surface area contributed by atoms with Gasteiger partial charge in [-0.3, -0.25) is 5.10 Å². The van der Waals surface area contributed by atoms with Crippen LogP contribution in [0.5, 0.6) is 0 Å². The second-order valence-electron chi connectivity index (χ2n) is 3.22. The Morgan fingerprint density at radius 1 is 1.82 bits per heavy atom. The van der Waals surface area contributed by atoms with Crippen LogP contribution in [0.4, 0.5) is 0 Å². The number of rotatable bonds is 6. The Labute approximate surface area is 112 Å². The molecular weight excluding hydrogens is 280 g/mol. The van der Waals surface area contributed by atoms with Crippen molar-refractivity contribution in [1.82, 2.24) is 10.2 Å². The Hall–Kier alpha value is -0.700. The molecule has 0 spiro atoms. The van der Waals surface area contributed by atoms with Crippen molar-refractivity contribution in [1.29, 1.82) is 0 Å². The van der Waals surface area contributed by atoms with Crippen molar-refractivity contribution in [2.75, 3.05) is 12.4 Å². The number of ether oxygens (including phenoxy) is 1. The molecule has 0 aliphatic carbocycles. The third-order valence-electron chi connectivity index (χ3n) is 1.57. The van der Waals surface area contributed by atoms with Gasteiger partial charge < -0.3 is 9.84 Å². The second kappa shape index (κ2) is 6.90. The molecule has 8 heteroatoms. The van der Waals surface area contributed by atoms with Crippen LogP contribution < -0.4 is 0 Å². The Balaban J connectivity index is 2.26. The molecule has 0 aromatic carbocycles. The lowest BCUT2D eigenvalue weighted by atomic mass is 10.3. The summed E-state index contributed by atoms with van der Waals surface area (Å²) in [7, 11) is 0. The average molecular weight is 292 g/mol. The summed E-state index contributed by atoms with van der Waals surface area (Å²) in [5.41, 5.74) is 0.315. The van der Waals surface area contributed by atoms with Crippen LogP contribution in [-0.4, -0.2) is 39.7 Å². The van der Waals surface area contributed by atoms with Crippen molar-refractivity contribution >= 4 is 41.3 Å². The van der Waals surface area contributed by atoms with Crippen LogP contribution in [0.25, 0.3) is 0 Å². The molecule has 1 aromatic heterocycles. The number of carbonyl (C=O) groups excluding carboxylic acids is 1. The summed E-state index contributed by atoms with van der Waals surface area (Å²) in [6.07, 6.45) is -0.735. The average Bonchev–Trinajstić information content (AvgIpc) is 2.69. The standard InChI is InChI=1S/C9H12N2O3S3/c1-5(2)7(13)14-3-6(12)4-16-9-11-10-8(15)17-9/h6,12H,1,3-4H2,2H3,(H,10,15). The monoisotopic (exact) mass is 292 g/mol. The number of aliphatic hydroxyl groups excluding tert-OH is 1.